The first-order valence-electron chi connectivity index (χ1n) is 5.49. The molecule has 94 valence electrons. The van der Waals surface area contributed by atoms with Gasteiger partial charge in [0, 0.05) is 10.0 Å². The molecule has 0 spiro atoms. The molecule has 0 unspecified atom stereocenters. The number of halogens is 1. The topological polar surface area (TPSA) is 21.7 Å². The minimum atomic E-state index is 0.856. The molecule has 0 fully saturated rings. The fourth-order valence-electron chi connectivity index (χ4n) is 1.79. The molecule has 0 saturated carbocycles. The van der Waals surface area contributed by atoms with E-state index in [1.165, 1.54) is 5.23 Å². The van der Waals surface area contributed by atoms with E-state index in [2.05, 4.69) is 28.1 Å². The molecule has 0 aliphatic heterocycles. The van der Waals surface area contributed by atoms with Crippen molar-refractivity contribution in [2.45, 2.75) is 0 Å². The minimum Gasteiger partial charge on any atom is -0.252 e. The van der Waals surface area contributed by atoms with Crippen LogP contribution in [0.5, 0.6) is 0 Å². The Hall–Kier alpha value is -1.36. The first-order valence-corrected chi connectivity index (χ1v) is 6.29. The molecule has 2 aromatic rings. The second-order valence-corrected chi connectivity index (χ2v) is 4.57. The maximum absolute atomic E-state index is 5.18. The molecule has 2 aromatic carbocycles. The number of nitrogens with zero attached hydrogens (tertiary/aromatic N) is 1. The van der Waals surface area contributed by atoms with Crippen molar-refractivity contribution in [3.8, 4) is 11.1 Å². The maximum atomic E-state index is 5.18. The van der Waals surface area contributed by atoms with Gasteiger partial charge in [0.15, 0.2) is 0 Å². The van der Waals surface area contributed by atoms with Crippen molar-refractivity contribution in [2.24, 2.45) is 0 Å². The summed E-state index contributed by atoms with van der Waals surface area (Å²) in [5.41, 5.74) is 3.00. The molecule has 2 rings (SSSR count). The SMILES string of the molecule is CON(OC)c1ccc(Br)cc1-c1ccccc1. The van der Waals surface area contributed by atoms with Gasteiger partial charge in [-0.3, -0.25) is 9.68 Å². The van der Waals surface area contributed by atoms with Crippen molar-refractivity contribution >= 4 is 21.6 Å². The Labute approximate surface area is 115 Å². The van der Waals surface area contributed by atoms with Crippen LogP contribution in [0, 0.1) is 0 Å². The highest BCUT2D eigenvalue weighted by atomic mass is 79.9. The van der Waals surface area contributed by atoms with Crippen LogP contribution in [0.1, 0.15) is 0 Å². The van der Waals surface area contributed by atoms with Crippen molar-refractivity contribution in [3.63, 3.8) is 0 Å². The van der Waals surface area contributed by atoms with Crippen molar-refractivity contribution in [1.29, 1.82) is 0 Å². The van der Waals surface area contributed by atoms with E-state index in [9.17, 15) is 0 Å². The third kappa shape index (κ3) is 2.72. The molecule has 0 aliphatic rings. The molecule has 0 aliphatic carbocycles. The predicted molar refractivity (Wildman–Crippen MR) is 76.1 cm³/mol. The zero-order valence-electron chi connectivity index (χ0n) is 10.3. The van der Waals surface area contributed by atoms with E-state index in [0.29, 0.717) is 0 Å². The lowest BCUT2D eigenvalue weighted by Gasteiger charge is -2.21. The van der Waals surface area contributed by atoms with E-state index >= 15 is 0 Å². The summed E-state index contributed by atoms with van der Waals surface area (Å²) in [6.45, 7) is 0. The van der Waals surface area contributed by atoms with E-state index in [4.69, 9.17) is 9.68 Å². The van der Waals surface area contributed by atoms with Crippen LogP contribution >= 0.6 is 15.9 Å². The third-order valence-corrected chi connectivity index (χ3v) is 3.06. The molecule has 0 aromatic heterocycles. The summed E-state index contributed by atoms with van der Waals surface area (Å²) < 4.78 is 1.01. The second kappa shape index (κ2) is 6.00. The normalized spacial score (nSPS) is 10.4. The van der Waals surface area contributed by atoms with Crippen LogP contribution in [-0.2, 0) is 9.68 Å². The zero-order valence-corrected chi connectivity index (χ0v) is 11.8. The first kappa shape index (κ1) is 13.1. The lowest BCUT2D eigenvalue weighted by atomic mass is 10.0. The number of hydrogen-bond donors (Lipinski definition) is 0. The standard InChI is InChI=1S/C14H14BrNO2/c1-17-16(18-2)14-9-8-12(15)10-13(14)11-6-4-3-5-7-11/h3-10H,1-2H3. The van der Waals surface area contributed by atoms with E-state index in [1.54, 1.807) is 14.2 Å². The van der Waals surface area contributed by atoms with Gasteiger partial charge in [-0.15, -0.1) is 5.23 Å². The van der Waals surface area contributed by atoms with Gasteiger partial charge in [-0.25, -0.2) is 0 Å². The van der Waals surface area contributed by atoms with E-state index in [0.717, 1.165) is 21.3 Å². The monoisotopic (exact) mass is 307 g/mol. The van der Waals surface area contributed by atoms with Crippen molar-refractivity contribution in [2.75, 3.05) is 19.4 Å². The zero-order chi connectivity index (χ0) is 13.0. The Kier molecular flexibility index (Phi) is 4.36. The van der Waals surface area contributed by atoms with Gasteiger partial charge < -0.3 is 0 Å². The summed E-state index contributed by atoms with van der Waals surface area (Å²) in [5, 5.41) is 1.38. The summed E-state index contributed by atoms with van der Waals surface area (Å²) in [4.78, 5) is 10.4. The average molecular weight is 308 g/mol. The molecule has 4 heteroatoms. The van der Waals surface area contributed by atoms with E-state index < -0.39 is 0 Å². The molecule has 0 atom stereocenters. The van der Waals surface area contributed by atoms with Crippen LogP contribution in [0.2, 0.25) is 0 Å². The fourth-order valence-corrected chi connectivity index (χ4v) is 2.15. The minimum absolute atomic E-state index is 0.856. The summed E-state index contributed by atoms with van der Waals surface area (Å²) in [6.07, 6.45) is 0. The van der Waals surface area contributed by atoms with Crippen molar-refractivity contribution < 1.29 is 9.68 Å². The predicted octanol–water partition coefficient (Wildman–Crippen LogP) is 4.05. The highest BCUT2D eigenvalue weighted by Gasteiger charge is 2.12. The summed E-state index contributed by atoms with van der Waals surface area (Å²) in [7, 11) is 3.14. The second-order valence-electron chi connectivity index (χ2n) is 3.65. The fraction of sp³-hybridized carbons (Fsp3) is 0.143. The first-order chi connectivity index (χ1) is 8.76. The number of rotatable bonds is 4. The molecule has 0 saturated heterocycles. The lowest BCUT2D eigenvalue weighted by Crippen LogP contribution is -2.20. The van der Waals surface area contributed by atoms with E-state index in [-0.39, 0.29) is 0 Å². The molecule has 0 N–H and O–H groups in total. The molecular weight excluding hydrogens is 294 g/mol. The molecule has 0 bridgehead atoms. The Morgan fingerprint density at radius 1 is 0.944 bits per heavy atom. The Bertz CT molecular complexity index is 512. The smallest absolute Gasteiger partial charge is 0.103 e. The highest BCUT2D eigenvalue weighted by Crippen LogP contribution is 2.33. The van der Waals surface area contributed by atoms with Crippen molar-refractivity contribution in [3.05, 3.63) is 53.0 Å². The van der Waals surface area contributed by atoms with E-state index in [1.807, 2.05) is 36.4 Å². The number of anilines is 1. The summed E-state index contributed by atoms with van der Waals surface area (Å²) in [5.74, 6) is 0. The van der Waals surface area contributed by atoms with Crippen molar-refractivity contribution in [1.82, 2.24) is 0 Å². The highest BCUT2D eigenvalue weighted by molar-refractivity contribution is 9.10. The number of benzene rings is 2. The third-order valence-electron chi connectivity index (χ3n) is 2.57. The molecule has 0 amide bonds. The largest absolute Gasteiger partial charge is 0.252 e. The Morgan fingerprint density at radius 2 is 1.61 bits per heavy atom. The van der Waals surface area contributed by atoms with Crippen LogP contribution in [0.4, 0.5) is 5.69 Å². The number of hydrogen-bond acceptors (Lipinski definition) is 3. The van der Waals surface area contributed by atoms with Gasteiger partial charge in [-0.2, -0.15) is 0 Å². The molecule has 0 radical (unpaired) electrons. The molecule has 0 heterocycles. The molecule has 18 heavy (non-hydrogen) atoms. The van der Waals surface area contributed by atoms with Crippen LogP contribution < -0.4 is 5.23 Å². The van der Waals surface area contributed by atoms with Gasteiger partial charge in [0.2, 0.25) is 0 Å². The lowest BCUT2D eigenvalue weighted by molar-refractivity contribution is -0.0430. The summed E-state index contributed by atoms with van der Waals surface area (Å²) >= 11 is 3.49. The molecular formula is C14H14BrNO2. The Morgan fingerprint density at radius 3 is 2.22 bits per heavy atom. The summed E-state index contributed by atoms with van der Waals surface area (Å²) in [6, 6.07) is 16.0. The van der Waals surface area contributed by atoms with Gasteiger partial charge >= 0.3 is 0 Å². The molecule has 3 nitrogen and oxygen atoms in total. The van der Waals surface area contributed by atoms with Gasteiger partial charge in [0.05, 0.1) is 14.2 Å². The average Bonchev–Trinajstić information content (AvgIpc) is 2.42. The van der Waals surface area contributed by atoms with Gasteiger partial charge in [0.1, 0.15) is 5.69 Å². The Balaban J connectivity index is 2.54. The maximum Gasteiger partial charge on any atom is 0.103 e. The van der Waals surface area contributed by atoms with Gasteiger partial charge in [-0.05, 0) is 23.8 Å². The van der Waals surface area contributed by atoms with Gasteiger partial charge in [-0.1, -0.05) is 46.3 Å². The van der Waals surface area contributed by atoms with Crippen LogP contribution in [0.15, 0.2) is 53.0 Å². The quantitative estimate of drug-likeness (QED) is 0.796. The van der Waals surface area contributed by atoms with Crippen LogP contribution in [0.3, 0.4) is 0 Å². The van der Waals surface area contributed by atoms with Crippen LogP contribution in [0.25, 0.3) is 11.1 Å². The van der Waals surface area contributed by atoms with Crippen LogP contribution in [-0.4, -0.2) is 14.2 Å². The van der Waals surface area contributed by atoms with Gasteiger partial charge in [0.25, 0.3) is 0 Å².